The average Bonchev–Trinajstić information content (AvgIpc) is 3.02. The van der Waals surface area contributed by atoms with Gasteiger partial charge >= 0.3 is 0 Å². The molecule has 0 fully saturated rings. The molecule has 4 aromatic carbocycles. The normalized spacial score (nSPS) is 11.9. The minimum Gasteiger partial charge on any atom is -0.354 e. The van der Waals surface area contributed by atoms with E-state index in [1.807, 2.05) is 50.2 Å². The van der Waals surface area contributed by atoms with Crippen LogP contribution in [0.5, 0.6) is 0 Å². The molecule has 4 rings (SSSR count). The van der Waals surface area contributed by atoms with Crippen LogP contribution in [0.25, 0.3) is 0 Å². The first-order chi connectivity index (χ1) is 21.6. The van der Waals surface area contributed by atoms with Crippen molar-refractivity contribution in [3.8, 4) is 0 Å². The van der Waals surface area contributed by atoms with Gasteiger partial charge in [-0.25, -0.2) is 8.42 Å². The number of anilines is 1. The summed E-state index contributed by atoms with van der Waals surface area (Å²) < 4.78 is 29.2. The average molecular weight is 667 g/mol. The maximum Gasteiger partial charge on any atom is 0.264 e. The fourth-order valence-electron chi connectivity index (χ4n) is 4.89. The number of hydrogen-bond acceptors (Lipinski definition) is 4. The first-order valence-electron chi connectivity index (χ1n) is 14.8. The van der Waals surface area contributed by atoms with E-state index in [0.717, 1.165) is 28.3 Å². The first kappa shape index (κ1) is 34.0. The molecule has 0 unspecified atom stereocenters. The lowest BCUT2D eigenvalue weighted by Gasteiger charge is -2.34. The molecule has 1 N–H and O–H groups in total. The molecular formula is C35H37Cl2N3O4S. The third-order valence-electron chi connectivity index (χ3n) is 7.33. The van der Waals surface area contributed by atoms with Gasteiger partial charge in [-0.15, -0.1) is 0 Å². The lowest BCUT2D eigenvalue weighted by Crippen LogP contribution is -2.53. The molecule has 2 amide bonds. The molecule has 236 valence electrons. The summed E-state index contributed by atoms with van der Waals surface area (Å²) in [6, 6.07) is 28.3. The molecule has 0 aromatic heterocycles. The molecule has 0 aliphatic heterocycles. The van der Waals surface area contributed by atoms with Gasteiger partial charge in [-0.3, -0.25) is 13.9 Å². The van der Waals surface area contributed by atoms with Crippen LogP contribution in [0.3, 0.4) is 0 Å². The fourth-order valence-corrected chi connectivity index (χ4v) is 6.69. The van der Waals surface area contributed by atoms with Crippen molar-refractivity contribution in [3.63, 3.8) is 0 Å². The zero-order valence-corrected chi connectivity index (χ0v) is 27.7. The quantitative estimate of drug-likeness (QED) is 0.146. The van der Waals surface area contributed by atoms with Crippen LogP contribution >= 0.6 is 23.2 Å². The molecular weight excluding hydrogens is 629 g/mol. The van der Waals surface area contributed by atoms with E-state index in [4.69, 9.17) is 23.2 Å². The number of rotatable bonds is 14. The summed E-state index contributed by atoms with van der Waals surface area (Å²) >= 11 is 12.6. The summed E-state index contributed by atoms with van der Waals surface area (Å²) in [5, 5.41) is 3.78. The highest BCUT2D eigenvalue weighted by Crippen LogP contribution is 2.27. The first-order valence-corrected chi connectivity index (χ1v) is 17.0. The Hall–Kier alpha value is -3.85. The van der Waals surface area contributed by atoms with Gasteiger partial charge in [-0.05, 0) is 66.9 Å². The second kappa shape index (κ2) is 15.9. The van der Waals surface area contributed by atoms with E-state index >= 15 is 0 Å². The van der Waals surface area contributed by atoms with Crippen molar-refractivity contribution in [2.75, 3.05) is 17.4 Å². The summed E-state index contributed by atoms with van der Waals surface area (Å²) in [7, 11) is -4.21. The van der Waals surface area contributed by atoms with Crippen LogP contribution in [0.1, 0.15) is 36.5 Å². The molecule has 0 heterocycles. The maximum atomic E-state index is 14.5. The summed E-state index contributed by atoms with van der Waals surface area (Å²) in [5.74, 6) is -0.879. The molecule has 0 bridgehead atoms. The highest BCUT2D eigenvalue weighted by atomic mass is 35.5. The Morgan fingerprint density at radius 2 is 1.47 bits per heavy atom. The van der Waals surface area contributed by atoms with Crippen molar-refractivity contribution < 1.29 is 18.0 Å². The van der Waals surface area contributed by atoms with E-state index in [1.54, 1.807) is 48.5 Å². The number of aryl methyl sites for hydroxylation is 1. The lowest BCUT2D eigenvalue weighted by atomic mass is 10.0. The van der Waals surface area contributed by atoms with Crippen LogP contribution in [0.15, 0.2) is 108 Å². The maximum absolute atomic E-state index is 14.5. The van der Waals surface area contributed by atoms with Crippen molar-refractivity contribution in [2.45, 2.75) is 50.6 Å². The van der Waals surface area contributed by atoms with Crippen LogP contribution in [-0.4, -0.2) is 44.3 Å². The van der Waals surface area contributed by atoms with Crippen molar-refractivity contribution in [1.29, 1.82) is 0 Å². The van der Waals surface area contributed by atoms with E-state index in [2.05, 4.69) is 5.32 Å². The molecule has 1 atom stereocenters. The fraction of sp³-hybridized carbons (Fsp3) is 0.257. The standard InChI is InChI=1S/C35H37Cl2N3O4S/c1-3-4-20-38-35(42)33(22-27-10-6-5-7-11-27)39(24-28-12-8-13-29(36)21-28)34(41)25-40(31-15-9-14-30(37)23-31)45(43,44)32-18-16-26(2)17-19-32/h5-19,21,23,33H,3-4,20,22,24-25H2,1-2H3,(H,38,42)/t33-/m0/s1. The van der Waals surface area contributed by atoms with Gasteiger partial charge in [0.05, 0.1) is 10.6 Å². The van der Waals surface area contributed by atoms with Crippen molar-refractivity contribution in [3.05, 3.63) is 130 Å². The number of halogens is 2. The van der Waals surface area contributed by atoms with Gasteiger partial charge in [0.15, 0.2) is 0 Å². The van der Waals surface area contributed by atoms with Gasteiger partial charge in [-0.1, -0.05) is 103 Å². The largest absolute Gasteiger partial charge is 0.354 e. The summed E-state index contributed by atoms with van der Waals surface area (Å²) in [5.41, 5.74) is 2.68. The number of unbranched alkanes of at least 4 members (excludes halogenated alkanes) is 1. The summed E-state index contributed by atoms with van der Waals surface area (Å²) in [6.45, 7) is 3.81. The Balaban J connectivity index is 1.79. The van der Waals surface area contributed by atoms with E-state index < -0.39 is 28.5 Å². The molecule has 45 heavy (non-hydrogen) atoms. The molecule has 0 saturated heterocycles. The Morgan fingerprint density at radius 1 is 0.822 bits per heavy atom. The van der Waals surface area contributed by atoms with Gasteiger partial charge in [0.1, 0.15) is 12.6 Å². The zero-order chi connectivity index (χ0) is 32.4. The topological polar surface area (TPSA) is 86.8 Å². The van der Waals surface area contributed by atoms with Crippen LogP contribution in [-0.2, 0) is 32.6 Å². The monoisotopic (exact) mass is 665 g/mol. The SMILES string of the molecule is CCCCNC(=O)[C@H](Cc1ccccc1)N(Cc1cccc(Cl)c1)C(=O)CN(c1cccc(Cl)c1)S(=O)(=O)c1ccc(C)cc1. The lowest BCUT2D eigenvalue weighted by molar-refractivity contribution is -0.140. The molecule has 0 aliphatic rings. The van der Waals surface area contributed by atoms with Crippen molar-refractivity contribution in [1.82, 2.24) is 10.2 Å². The third-order valence-corrected chi connectivity index (χ3v) is 9.58. The number of carbonyl (C=O) groups excluding carboxylic acids is 2. The highest BCUT2D eigenvalue weighted by Gasteiger charge is 2.34. The Kier molecular flexibility index (Phi) is 12.0. The number of nitrogens with one attached hydrogen (secondary N) is 1. The van der Waals surface area contributed by atoms with Crippen LogP contribution in [0.4, 0.5) is 5.69 Å². The molecule has 0 saturated carbocycles. The molecule has 0 radical (unpaired) electrons. The predicted molar refractivity (Wildman–Crippen MR) is 181 cm³/mol. The smallest absolute Gasteiger partial charge is 0.264 e. The number of nitrogens with zero attached hydrogens (tertiary/aromatic N) is 2. The number of hydrogen-bond donors (Lipinski definition) is 1. The minimum absolute atomic E-state index is 0.0282. The van der Waals surface area contributed by atoms with Crippen LogP contribution in [0, 0.1) is 6.92 Å². The van der Waals surface area contributed by atoms with Gasteiger partial charge < -0.3 is 10.2 Å². The molecule has 4 aromatic rings. The zero-order valence-electron chi connectivity index (χ0n) is 25.3. The minimum atomic E-state index is -4.21. The Bertz CT molecular complexity index is 1700. The Labute approximate surface area is 275 Å². The number of amides is 2. The number of carbonyl (C=O) groups is 2. The van der Waals surface area contributed by atoms with Crippen LogP contribution < -0.4 is 9.62 Å². The Morgan fingerprint density at radius 3 is 2.11 bits per heavy atom. The molecule has 10 heteroatoms. The van der Waals surface area contributed by atoms with Gasteiger partial charge in [0.25, 0.3) is 10.0 Å². The van der Waals surface area contributed by atoms with E-state index in [-0.39, 0.29) is 29.5 Å². The van der Waals surface area contributed by atoms with Crippen molar-refractivity contribution in [2.24, 2.45) is 0 Å². The summed E-state index contributed by atoms with van der Waals surface area (Å²) in [4.78, 5) is 29.7. The van der Waals surface area contributed by atoms with E-state index in [0.29, 0.717) is 22.2 Å². The van der Waals surface area contributed by atoms with Gasteiger partial charge in [-0.2, -0.15) is 0 Å². The molecule has 7 nitrogen and oxygen atoms in total. The highest BCUT2D eigenvalue weighted by molar-refractivity contribution is 7.92. The van der Waals surface area contributed by atoms with E-state index in [1.165, 1.54) is 23.1 Å². The predicted octanol–water partition coefficient (Wildman–Crippen LogP) is 7.05. The second-order valence-corrected chi connectivity index (χ2v) is 13.5. The van der Waals surface area contributed by atoms with Crippen LogP contribution in [0.2, 0.25) is 10.0 Å². The third kappa shape index (κ3) is 9.33. The van der Waals surface area contributed by atoms with E-state index in [9.17, 15) is 18.0 Å². The summed E-state index contributed by atoms with van der Waals surface area (Å²) in [6.07, 6.45) is 1.90. The number of sulfonamides is 1. The van der Waals surface area contributed by atoms with Gasteiger partial charge in [0.2, 0.25) is 11.8 Å². The molecule has 0 aliphatic carbocycles. The van der Waals surface area contributed by atoms with Crippen molar-refractivity contribution >= 4 is 50.7 Å². The second-order valence-electron chi connectivity index (χ2n) is 10.8. The van der Waals surface area contributed by atoms with Gasteiger partial charge in [0, 0.05) is 29.6 Å². The molecule has 0 spiro atoms. The number of benzene rings is 4.